The number of hydrogen-bond donors (Lipinski definition) is 2. The predicted molar refractivity (Wildman–Crippen MR) is 84.4 cm³/mol. The third-order valence-electron chi connectivity index (χ3n) is 3.77. The molecule has 0 fully saturated rings. The minimum absolute atomic E-state index is 0.0348. The van der Waals surface area contributed by atoms with Gasteiger partial charge in [0.25, 0.3) is 0 Å². The van der Waals surface area contributed by atoms with Gasteiger partial charge in [-0.2, -0.15) is 11.8 Å². The fraction of sp³-hybridized carbons (Fsp3) is 1.00. The van der Waals surface area contributed by atoms with Crippen molar-refractivity contribution >= 4 is 11.8 Å². The maximum Gasteiger partial charge on any atom is 0.0613 e. The second-order valence-corrected chi connectivity index (χ2v) is 6.56. The zero-order valence-corrected chi connectivity index (χ0v) is 13.6. The van der Waals surface area contributed by atoms with Crippen LogP contribution in [0.1, 0.15) is 59.8 Å². The van der Waals surface area contributed by atoms with Crippen LogP contribution in [0.2, 0.25) is 0 Å². The first-order valence-electron chi connectivity index (χ1n) is 7.57. The van der Waals surface area contributed by atoms with Crippen LogP contribution in [0.3, 0.4) is 0 Å². The Morgan fingerprint density at radius 2 is 2.00 bits per heavy atom. The Bertz CT molecular complexity index is 183. The molecular formula is C15H33NOS. The largest absolute Gasteiger partial charge is 0.394 e. The summed E-state index contributed by atoms with van der Waals surface area (Å²) in [6.07, 6.45) is 5.71. The van der Waals surface area contributed by atoms with E-state index >= 15 is 0 Å². The average molecular weight is 276 g/mol. The summed E-state index contributed by atoms with van der Waals surface area (Å²) in [5, 5.41) is 13.2. The van der Waals surface area contributed by atoms with E-state index < -0.39 is 0 Å². The summed E-state index contributed by atoms with van der Waals surface area (Å²) in [5.41, 5.74) is -0.0348. The second kappa shape index (κ2) is 11.1. The molecule has 18 heavy (non-hydrogen) atoms. The molecule has 0 amide bonds. The van der Waals surface area contributed by atoms with E-state index in [1.54, 1.807) is 0 Å². The van der Waals surface area contributed by atoms with E-state index in [9.17, 15) is 5.11 Å². The van der Waals surface area contributed by atoms with Gasteiger partial charge in [-0.1, -0.05) is 34.1 Å². The molecule has 0 bridgehead atoms. The Morgan fingerprint density at radius 1 is 1.28 bits per heavy atom. The lowest BCUT2D eigenvalue weighted by molar-refractivity contribution is 0.146. The summed E-state index contributed by atoms with van der Waals surface area (Å²) in [7, 11) is 0. The van der Waals surface area contributed by atoms with Crippen LogP contribution in [0.4, 0.5) is 0 Å². The molecule has 110 valence electrons. The molecule has 0 aliphatic carbocycles. The third kappa shape index (κ3) is 7.65. The van der Waals surface area contributed by atoms with E-state index in [2.05, 4.69) is 44.8 Å². The van der Waals surface area contributed by atoms with Crippen LogP contribution in [-0.2, 0) is 0 Å². The van der Waals surface area contributed by atoms with Gasteiger partial charge in [-0.3, -0.25) is 0 Å². The molecule has 0 aliphatic rings. The van der Waals surface area contributed by atoms with Crippen molar-refractivity contribution in [3.8, 4) is 0 Å². The number of hydrogen-bond acceptors (Lipinski definition) is 3. The molecule has 0 radical (unpaired) electrons. The van der Waals surface area contributed by atoms with E-state index in [4.69, 9.17) is 0 Å². The molecule has 2 N–H and O–H groups in total. The Kier molecular flexibility index (Phi) is 11.3. The molecule has 2 unspecified atom stereocenters. The van der Waals surface area contributed by atoms with E-state index in [0.717, 1.165) is 31.7 Å². The molecule has 3 heteroatoms. The molecule has 2 nitrogen and oxygen atoms in total. The average Bonchev–Trinajstić information content (AvgIpc) is 2.42. The van der Waals surface area contributed by atoms with Gasteiger partial charge in [-0.05, 0) is 49.7 Å². The molecule has 0 aromatic carbocycles. The van der Waals surface area contributed by atoms with Gasteiger partial charge in [0.2, 0.25) is 0 Å². The molecule has 0 rings (SSSR count). The summed E-state index contributed by atoms with van der Waals surface area (Å²) in [4.78, 5) is 0. The summed E-state index contributed by atoms with van der Waals surface area (Å²) in [6.45, 7) is 10.2. The van der Waals surface area contributed by atoms with E-state index in [-0.39, 0.29) is 12.1 Å². The van der Waals surface area contributed by atoms with Gasteiger partial charge >= 0.3 is 0 Å². The molecule has 0 saturated heterocycles. The monoisotopic (exact) mass is 275 g/mol. The number of aliphatic hydroxyl groups is 1. The van der Waals surface area contributed by atoms with Crippen LogP contribution < -0.4 is 5.32 Å². The van der Waals surface area contributed by atoms with Crippen molar-refractivity contribution in [3.63, 3.8) is 0 Å². The maximum atomic E-state index is 9.62. The number of rotatable bonds is 12. The van der Waals surface area contributed by atoms with Gasteiger partial charge in [-0.25, -0.2) is 0 Å². The highest BCUT2D eigenvalue weighted by Gasteiger charge is 2.25. The Labute approximate surface area is 118 Å². The predicted octanol–water partition coefficient (Wildman–Crippen LogP) is 3.69. The van der Waals surface area contributed by atoms with E-state index in [1.807, 2.05) is 0 Å². The van der Waals surface area contributed by atoms with Crippen molar-refractivity contribution in [3.05, 3.63) is 0 Å². The van der Waals surface area contributed by atoms with Crippen LogP contribution in [0.5, 0.6) is 0 Å². The second-order valence-electron chi connectivity index (χ2n) is 5.41. The lowest BCUT2D eigenvalue weighted by Gasteiger charge is -2.32. The fourth-order valence-corrected chi connectivity index (χ4v) is 3.10. The molecular weight excluding hydrogens is 242 g/mol. The van der Waals surface area contributed by atoms with Gasteiger partial charge in [0, 0.05) is 5.54 Å². The molecule has 0 aromatic heterocycles. The summed E-state index contributed by atoms with van der Waals surface area (Å²) >= 11 is 2.06. The Hall–Kier alpha value is 0.270. The molecule has 0 aromatic rings. The summed E-state index contributed by atoms with van der Waals surface area (Å²) < 4.78 is 0. The van der Waals surface area contributed by atoms with Crippen LogP contribution in [0.25, 0.3) is 0 Å². The molecule has 0 heterocycles. The van der Waals surface area contributed by atoms with Gasteiger partial charge in [-0.15, -0.1) is 0 Å². The maximum absolute atomic E-state index is 9.62. The highest BCUT2D eigenvalue weighted by molar-refractivity contribution is 7.99. The SMILES string of the molecule is CCCNC(CC)(CO)CCCSCC(C)CC. The van der Waals surface area contributed by atoms with E-state index in [1.165, 1.54) is 24.3 Å². The van der Waals surface area contributed by atoms with Gasteiger partial charge in [0.05, 0.1) is 6.61 Å². The normalized spacial score (nSPS) is 16.5. The van der Waals surface area contributed by atoms with Crippen LogP contribution >= 0.6 is 11.8 Å². The summed E-state index contributed by atoms with van der Waals surface area (Å²) in [6, 6.07) is 0. The zero-order valence-electron chi connectivity index (χ0n) is 12.8. The van der Waals surface area contributed by atoms with Crippen molar-refractivity contribution < 1.29 is 5.11 Å². The van der Waals surface area contributed by atoms with Crippen molar-refractivity contribution in [1.29, 1.82) is 0 Å². The first-order chi connectivity index (χ1) is 8.64. The molecule has 0 spiro atoms. The highest BCUT2D eigenvalue weighted by atomic mass is 32.2. The lowest BCUT2D eigenvalue weighted by atomic mass is 9.91. The smallest absolute Gasteiger partial charge is 0.0613 e. The summed E-state index contributed by atoms with van der Waals surface area (Å²) in [5.74, 6) is 3.33. The highest BCUT2D eigenvalue weighted by Crippen LogP contribution is 2.20. The Balaban J connectivity index is 3.82. The van der Waals surface area contributed by atoms with Crippen molar-refractivity contribution in [2.75, 3.05) is 24.7 Å². The number of thioether (sulfide) groups is 1. The fourth-order valence-electron chi connectivity index (χ4n) is 1.94. The van der Waals surface area contributed by atoms with Crippen molar-refractivity contribution in [2.45, 2.75) is 65.3 Å². The number of aliphatic hydroxyl groups excluding tert-OH is 1. The van der Waals surface area contributed by atoms with Gasteiger partial charge in [0.15, 0.2) is 0 Å². The first kappa shape index (κ1) is 18.3. The zero-order chi connectivity index (χ0) is 13.9. The third-order valence-corrected chi connectivity index (χ3v) is 5.15. The van der Waals surface area contributed by atoms with Gasteiger partial charge in [0.1, 0.15) is 0 Å². The molecule has 0 saturated carbocycles. The minimum Gasteiger partial charge on any atom is -0.394 e. The standard InChI is InChI=1S/C15H33NOS/c1-5-10-16-15(7-3,13-17)9-8-11-18-12-14(4)6-2/h14,16-17H,5-13H2,1-4H3. The van der Waals surface area contributed by atoms with Crippen LogP contribution in [0, 0.1) is 5.92 Å². The number of nitrogens with one attached hydrogen (secondary N) is 1. The molecule has 2 atom stereocenters. The van der Waals surface area contributed by atoms with Gasteiger partial charge < -0.3 is 10.4 Å². The van der Waals surface area contributed by atoms with Crippen LogP contribution in [0.15, 0.2) is 0 Å². The van der Waals surface area contributed by atoms with Crippen molar-refractivity contribution in [2.24, 2.45) is 5.92 Å². The lowest BCUT2D eigenvalue weighted by Crippen LogP contribution is -2.48. The van der Waals surface area contributed by atoms with E-state index in [0.29, 0.717) is 0 Å². The Morgan fingerprint density at radius 3 is 2.50 bits per heavy atom. The minimum atomic E-state index is -0.0348. The first-order valence-corrected chi connectivity index (χ1v) is 8.73. The quantitative estimate of drug-likeness (QED) is 0.533. The van der Waals surface area contributed by atoms with Crippen molar-refractivity contribution in [1.82, 2.24) is 5.32 Å². The van der Waals surface area contributed by atoms with Crippen LogP contribution in [-0.4, -0.2) is 35.3 Å². The molecule has 0 aliphatic heterocycles. The topological polar surface area (TPSA) is 32.3 Å².